The van der Waals surface area contributed by atoms with E-state index in [0.29, 0.717) is 16.1 Å². The Morgan fingerprint density at radius 1 is 1.17 bits per heavy atom. The fourth-order valence-corrected chi connectivity index (χ4v) is 3.33. The molecule has 1 fully saturated rings. The van der Waals surface area contributed by atoms with E-state index in [4.69, 9.17) is 23.2 Å². The summed E-state index contributed by atoms with van der Waals surface area (Å²) in [6.45, 7) is 3.76. The summed E-state index contributed by atoms with van der Waals surface area (Å²) >= 11 is 12.2. The van der Waals surface area contributed by atoms with E-state index < -0.39 is 0 Å². The molecule has 7 heteroatoms. The van der Waals surface area contributed by atoms with E-state index >= 15 is 0 Å². The third kappa shape index (κ3) is 3.67. The molecule has 1 unspecified atom stereocenters. The van der Waals surface area contributed by atoms with Gasteiger partial charge in [-0.1, -0.05) is 23.2 Å². The van der Waals surface area contributed by atoms with Crippen LogP contribution in [0.3, 0.4) is 0 Å². The fourth-order valence-electron chi connectivity index (χ4n) is 2.83. The van der Waals surface area contributed by atoms with Crippen molar-refractivity contribution in [1.82, 2.24) is 15.0 Å². The first-order valence-electron chi connectivity index (χ1n) is 7.62. The van der Waals surface area contributed by atoms with Crippen LogP contribution < -0.4 is 9.80 Å². The highest BCUT2D eigenvalue weighted by molar-refractivity contribution is 6.36. The minimum atomic E-state index is 0.319. The van der Waals surface area contributed by atoms with Gasteiger partial charge in [0.2, 0.25) is 5.95 Å². The van der Waals surface area contributed by atoms with Crippen LogP contribution in [-0.4, -0.2) is 41.1 Å². The molecule has 0 bridgehead atoms. The van der Waals surface area contributed by atoms with E-state index in [1.807, 2.05) is 26.4 Å². The number of rotatable bonds is 3. The smallest absolute Gasteiger partial charge is 0.225 e. The summed E-state index contributed by atoms with van der Waals surface area (Å²) in [5.74, 6) is 1.54. The topological polar surface area (TPSA) is 45.2 Å². The molecule has 0 amide bonds. The highest BCUT2D eigenvalue weighted by Gasteiger charge is 2.26. The number of likely N-dealkylation sites (N-methyl/N-ethyl adjacent to an activating group) is 1. The highest BCUT2D eigenvalue weighted by atomic mass is 35.5. The Morgan fingerprint density at radius 3 is 2.61 bits per heavy atom. The zero-order chi connectivity index (χ0) is 16.4. The van der Waals surface area contributed by atoms with Gasteiger partial charge in [0, 0.05) is 44.8 Å². The average Bonchev–Trinajstić information content (AvgIpc) is 2.55. The van der Waals surface area contributed by atoms with Crippen molar-refractivity contribution in [3.05, 3.63) is 40.3 Å². The molecule has 0 radical (unpaired) electrons. The summed E-state index contributed by atoms with van der Waals surface area (Å²) in [5, 5.41) is 1.14. The number of piperidine rings is 1. The Morgan fingerprint density at radius 2 is 1.91 bits per heavy atom. The van der Waals surface area contributed by atoms with Crippen LogP contribution in [0.15, 0.2) is 24.7 Å². The standard InChI is InChI=1S/C16H19Cl2N5/c1-11-7-20-16(21-8-11)22(2)13-4-3-5-23(10-13)15-14(18)6-12(17)9-19-15/h6-9,13H,3-5,10H2,1-2H3. The van der Waals surface area contributed by atoms with Gasteiger partial charge in [-0.05, 0) is 31.4 Å². The largest absolute Gasteiger partial charge is 0.353 e. The molecule has 0 N–H and O–H groups in total. The van der Waals surface area contributed by atoms with Crippen LogP contribution in [0.1, 0.15) is 18.4 Å². The van der Waals surface area contributed by atoms with Crippen LogP contribution in [0.2, 0.25) is 10.0 Å². The second-order valence-corrected chi connectivity index (χ2v) is 6.72. The van der Waals surface area contributed by atoms with Crippen molar-refractivity contribution in [2.75, 3.05) is 29.9 Å². The van der Waals surface area contributed by atoms with Crippen molar-refractivity contribution < 1.29 is 0 Å². The van der Waals surface area contributed by atoms with Gasteiger partial charge in [-0.25, -0.2) is 15.0 Å². The number of pyridine rings is 1. The second-order valence-electron chi connectivity index (χ2n) is 5.87. The van der Waals surface area contributed by atoms with Gasteiger partial charge in [0.15, 0.2) is 0 Å². The fraction of sp³-hybridized carbons (Fsp3) is 0.438. The zero-order valence-electron chi connectivity index (χ0n) is 13.2. The number of anilines is 2. The lowest BCUT2D eigenvalue weighted by Gasteiger charge is -2.38. The van der Waals surface area contributed by atoms with Gasteiger partial charge in [0.05, 0.1) is 10.0 Å². The number of aryl methyl sites for hydroxylation is 1. The lowest BCUT2D eigenvalue weighted by molar-refractivity contribution is 0.481. The number of halogens is 2. The van der Waals surface area contributed by atoms with Crippen LogP contribution in [0.25, 0.3) is 0 Å². The van der Waals surface area contributed by atoms with E-state index in [2.05, 4.69) is 24.8 Å². The lowest BCUT2D eigenvalue weighted by Crippen LogP contribution is -2.47. The molecule has 0 saturated carbocycles. The second kappa shape index (κ2) is 6.89. The first-order chi connectivity index (χ1) is 11.0. The Labute approximate surface area is 146 Å². The molecule has 3 rings (SSSR count). The van der Waals surface area contributed by atoms with Gasteiger partial charge >= 0.3 is 0 Å². The molecular formula is C16H19Cl2N5. The Kier molecular flexibility index (Phi) is 4.87. The first kappa shape index (κ1) is 16.3. The molecule has 1 aliphatic heterocycles. The molecule has 0 aromatic carbocycles. The number of aromatic nitrogens is 3. The molecule has 2 aromatic heterocycles. The third-order valence-corrected chi connectivity index (χ3v) is 4.60. The predicted molar refractivity (Wildman–Crippen MR) is 94.7 cm³/mol. The Bertz CT molecular complexity index is 677. The normalized spacial score (nSPS) is 18.1. The quantitative estimate of drug-likeness (QED) is 0.845. The van der Waals surface area contributed by atoms with Crippen molar-refractivity contribution in [3.63, 3.8) is 0 Å². The molecule has 2 aromatic rings. The van der Waals surface area contributed by atoms with Crippen molar-refractivity contribution in [3.8, 4) is 0 Å². The van der Waals surface area contributed by atoms with Crippen LogP contribution in [0.5, 0.6) is 0 Å². The minimum Gasteiger partial charge on any atom is -0.353 e. The summed E-state index contributed by atoms with van der Waals surface area (Å²) in [7, 11) is 2.04. The zero-order valence-corrected chi connectivity index (χ0v) is 14.7. The van der Waals surface area contributed by atoms with Gasteiger partial charge in [-0.2, -0.15) is 0 Å². The van der Waals surface area contributed by atoms with Crippen LogP contribution in [0.4, 0.5) is 11.8 Å². The molecule has 1 saturated heterocycles. The molecule has 3 heterocycles. The van der Waals surface area contributed by atoms with Crippen LogP contribution in [-0.2, 0) is 0 Å². The summed E-state index contributed by atoms with van der Waals surface area (Å²) in [6, 6.07) is 2.06. The third-order valence-electron chi connectivity index (χ3n) is 4.11. The van der Waals surface area contributed by atoms with Crippen molar-refractivity contribution in [2.45, 2.75) is 25.8 Å². The summed E-state index contributed by atoms with van der Waals surface area (Å²) < 4.78 is 0. The van der Waals surface area contributed by atoms with Crippen LogP contribution >= 0.6 is 23.2 Å². The molecule has 122 valence electrons. The Balaban J connectivity index is 1.76. The minimum absolute atomic E-state index is 0.319. The maximum absolute atomic E-state index is 6.30. The SMILES string of the molecule is Cc1cnc(N(C)C2CCCN(c3ncc(Cl)cc3Cl)C2)nc1. The van der Waals surface area contributed by atoms with Gasteiger partial charge in [-0.15, -0.1) is 0 Å². The van der Waals surface area contributed by atoms with Crippen molar-refractivity contribution in [2.24, 2.45) is 0 Å². The van der Waals surface area contributed by atoms with E-state index in [0.717, 1.165) is 43.3 Å². The van der Waals surface area contributed by atoms with Crippen LogP contribution in [0, 0.1) is 6.92 Å². The molecular weight excluding hydrogens is 333 g/mol. The Hall–Kier alpha value is -1.59. The molecule has 1 atom stereocenters. The lowest BCUT2D eigenvalue weighted by atomic mass is 10.0. The maximum atomic E-state index is 6.30. The summed E-state index contributed by atoms with van der Waals surface area (Å²) in [6.07, 6.45) is 7.49. The van der Waals surface area contributed by atoms with Gasteiger partial charge in [0.25, 0.3) is 0 Å². The van der Waals surface area contributed by atoms with E-state index in [1.54, 1.807) is 12.3 Å². The number of hydrogen-bond acceptors (Lipinski definition) is 5. The molecule has 0 spiro atoms. The number of nitrogens with zero attached hydrogens (tertiary/aromatic N) is 5. The average molecular weight is 352 g/mol. The summed E-state index contributed by atoms with van der Waals surface area (Å²) in [5.41, 5.74) is 1.06. The monoisotopic (exact) mass is 351 g/mol. The molecule has 0 aliphatic carbocycles. The van der Waals surface area contributed by atoms with E-state index in [9.17, 15) is 0 Å². The first-order valence-corrected chi connectivity index (χ1v) is 8.37. The summed E-state index contributed by atoms with van der Waals surface area (Å²) in [4.78, 5) is 17.6. The predicted octanol–water partition coefficient (Wildman–Crippen LogP) is 3.59. The van der Waals surface area contributed by atoms with E-state index in [1.165, 1.54) is 0 Å². The molecule has 5 nitrogen and oxygen atoms in total. The van der Waals surface area contributed by atoms with Crippen molar-refractivity contribution >= 4 is 35.0 Å². The number of hydrogen-bond donors (Lipinski definition) is 0. The maximum Gasteiger partial charge on any atom is 0.225 e. The highest BCUT2D eigenvalue weighted by Crippen LogP contribution is 2.29. The van der Waals surface area contributed by atoms with Gasteiger partial charge in [-0.3, -0.25) is 0 Å². The molecule has 1 aliphatic rings. The van der Waals surface area contributed by atoms with Crippen molar-refractivity contribution in [1.29, 1.82) is 0 Å². The van der Waals surface area contributed by atoms with Gasteiger partial charge < -0.3 is 9.80 Å². The molecule has 23 heavy (non-hydrogen) atoms. The van der Waals surface area contributed by atoms with E-state index in [-0.39, 0.29) is 0 Å². The van der Waals surface area contributed by atoms with Gasteiger partial charge in [0.1, 0.15) is 5.82 Å².